The van der Waals surface area contributed by atoms with Gasteiger partial charge in [-0.05, 0) is 130 Å². The lowest BCUT2D eigenvalue weighted by Crippen LogP contribution is -2.66. The van der Waals surface area contributed by atoms with Crippen molar-refractivity contribution in [2.75, 3.05) is 13.2 Å². The van der Waals surface area contributed by atoms with Crippen molar-refractivity contribution >= 4 is 5.97 Å². The predicted octanol–water partition coefficient (Wildman–Crippen LogP) is -5.49. The van der Waals surface area contributed by atoms with Crippen LogP contribution in [0.25, 0.3) is 0 Å². The molecule has 5 rings (SSSR count). The van der Waals surface area contributed by atoms with Gasteiger partial charge in [0.05, 0.1) is 67.5 Å². The standard InChI is InChI=1S/C59H105O26/c1-26(61)18-27(62)19-28(63)20-29(64)21-33(66)38(68)40(70)42(72)44(74)46(76)48(78)50(80)52(82)51(81)49(79)47(77)45(75)43(73)41(71)39(69)34(67)22-30(65)24-85-37-11-12-55(4)35(56(37,5)25-60)10-13-58(7)36(55)9-8-31-32-23-54(2,3)14-16-59(32,53(83)84)17-15-57(31,58)6/h8,26-30,32-52,60-68,70-82H,9-25H2,1-7H3,(H,83,84)/q-1. The van der Waals surface area contributed by atoms with E-state index in [2.05, 4.69) is 40.7 Å². The van der Waals surface area contributed by atoms with Gasteiger partial charge in [-0.25, -0.2) is 0 Å². The third-order valence-corrected chi connectivity index (χ3v) is 22.0. The molecule has 0 amide bonds. The van der Waals surface area contributed by atoms with Gasteiger partial charge >= 0.3 is 5.97 Å². The van der Waals surface area contributed by atoms with Gasteiger partial charge in [0.2, 0.25) is 0 Å². The van der Waals surface area contributed by atoms with Gasteiger partial charge in [-0.2, -0.15) is 0 Å². The molecule has 4 saturated carbocycles. The topological polar surface area (TPSA) is 515 Å². The maximum absolute atomic E-state index is 13.2. The fraction of sp³-hybridized carbons (Fsp3) is 0.949. The van der Waals surface area contributed by atoms with Crippen LogP contribution in [-0.2, 0) is 9.53 Å². The van der Waals surface area contributed by atoms with Crippen molar-refractivity contribution < 1.29 is 132 Å². The molecule has 31 unspecified atom stereocenters. The number of allylic oxidation sites excluding steroid dienone is 2. The molecule has 85 heavy (non-hydrogen) atoms. The summed E-state index contributed by atoms with van der Waals surface area (Å²) in [5, 5.41) is 255. The highest BCUT2D eigenvalue weighted by Gasteiger charge is 2.70. The number of aliphatic carboxylic acids is 1. The fourth-order valence-electron chi connectivity index (χ4n) is 16.4. The second-order valence-electron chi connectivity index (χ2n) is 28.3. The Morgan fingerprint density at radius 2 is 0.965 bits per heavy atom. The highest BCUT2D eigenvalue weighted by Crippen LogP contribution is 2.76. The summed E-state index contributed by atoms with van der Waals surface area (Å²) in [7, 11) is 0. The number of carboxylic acid groups (broad SMARTS) is 1. The van der Waals surface area contributed by atoms with E-state index < -0.39 is 183 Å². The number of rotatable bonds is 31. The lowest BCUT2D eigenvalue weighted by molar-refractivity contribution is -0.462. The third kappa shape index (κ3) is 15.1. The molecule has 31 atom stereocenters. The van der Waals surface area contributed by atoms with E-state index in [-0.39, 0.29) is 58.9 Å². The van der Waals surface area contributed by atoms with Crippen LogP contribution >= 0.6 is 0 Å². The molecule has 26 heteroatoms. The predicted molar refractivity (Wildman–Crippen MR) is 297 cm³/mol. The molecule has 0 aromatic rings. The Morgan fingerprint density at radius 3 is 1.44 bits per heavy atom. The summed E-state index contributed by atoms with van der Waals surface area (Å²) in [6.07, 6.45) is -44.8. The molecule has 0 aliphatic heterocycles. The summed E-state index contributed by atoms with van der Waals surface area (Å²) in [5.41, 5.74) is -0.922. The highest BCUT2D eigenvalue weighted by molar-refractivity contribution is 5.76. The smallest absolute Gasteiger partial charge is 0.310 e. The molecule has 0 heterocycles. The van der Waals surface area contributed by atoms with E-state index in [1.807, 2.05) is 6.92 Å². The Bertz CT molecular complexity index is 2160. The number of aliphatic hydroxyl groups excluding tert-OH is 22. The van der Waals surface area contributed by atoms with Gasteiger partial charge in [0.15, 0.2) is 0 Å². The second kappa shape index (κ2) is 28.8. The van der Waals surface area contributed by atoms with Gasteiger partial charge in [0.25, 0.3) is 0 Å². The maximum Gasteiger partial charge on any atom is 0.310 e. The molecule has 0 radical (unpaired) electrons. The molecule has 0 spiro atoms. The SMILES string of the molecule is CC(O)CC(O)CC(O)CC(O)CC(O)C(O)C(O)C(O)C(O)C(O)C(O)C(O)C(O)C(O)C(O)C(O)C(O)C(O)C(O)C([O-])C(O)CC(O)COC1CCC2(C)C(CCC3(C)C2CC=C2C4CC(C)(C)CCC4(C(=O)O)CCC23C)C1(C)CO. The first-order valence-electron chi connectivity index (χ1n) is 30.3. The number of hydrogen-bond donors (Lipinski definition) is 23. The summed E-state index contributed by atoms with van der Waals surface area (Å²) in [4.78, 5) is 13.1. The van der Waals surface area contributed by atoms with Crippen LogP contribution < -0.4 is 5.11 Å². The zero-order valence-corrected chi connectivity index (χ0v) is 50.1. The Labute approximate surface area is 497 Å². The van der Waals surface area contributed by atoms with E-state index in [4.69, 9.17) is 4.74 Å². The van der Waals surface area contributed by atoms with Crippen molar-refractivity contribution in [3.05, 3.63) is 11.6 Å². The number of hydrogen-bond acceptors (Lipinski definition) is 25. The van der Waals surface area contributed by atoms with Gasteiger partial charge in [-0.3, -0.25) is 4.79 Å². The molecule has 23 N–H and O–H groups in total. The Hall–Kier alpha value is -1.75. The second-order valence-corrected chi connectivity index (χ2v) is 28.3. The van der Waals surface area contributed by atoms with Gasteiger partial charge in [-0.1, -0.05) is 59.3 Å². The molecule has 5 aliphatic carbocycles. The van der Waals surface area contributed by atoms with E-state index in [1.165, 1.54) is 12.5 Å². The first-order valence-corrected chi connectivity index (χ1v) is 30.3. The molecule has 0 bridgehead atoms. The number of carbonyl (C=O) groups is 1. The number of aliphatic hydroxyl groups is 22. The first kappa shape index (κ1) is 74.0. The minimum absolute atomic E-state index is 0.0136. The largest absolute Gasteiger partial charge is 0.848 e. The lowest BCUT2D eigenvalue weighted by Gasteiger charge is -2.71. The summed E-state index contributed by atoms with van der Waals surface area (Å²) >= 11 is 0. The highest BCUT2D eigenvalue weighted by atomic mass is 16.5. The molecular weight excluding hydrogens is 1120 g/mol. The zero-order valence-electron chi connectivity index (χ0n) is 50.1. The van der Waals surface area contributed by atoms with Crippen molar-refractivity contribution in [1.29, 1.82) is 0 Å². The van der Waals surface area contributed by atoms with Crippen LogP contribution in [0.2, 0.25) is 0 Å². The monoisotopic (exact) mass is 1230 g/mol. The molecule has 0 aromatic carbocycles. The van der Waals surface area contributed by atoms with Crippen LogP contribution in [0.15, 0.2) is 11.6 Å². The van der Waals surface area contributed by atoms with Gasteiger partial charge in [0, 0.05) is 24.4 Å². The van der Waals surface area contributed by atoms with E-state index in [0.29, 0.717) is 19.3 Å². The van der Waals surface area contributed by atoms with E-state index in [9.17, 15) is 127 Å². The molecule has 0 aromatic heterocycles. The van der Waals surface area contributed by atoms with Crippen molar-refractivity contribution in [3.8, 4) is 0 Å². The molecule has 4 fully saturated rings. The Balaban J connectivity index is 1.12. The average Bonchev–Trinajstić information content (AvgIpc) is 0.691. The zero-order chi connectivity index (χ0) is 64.6. The maximum atomic E-state index is 13.2. The van der Waals surface area contributed by atoms with Crippen molar-refractivity contribution in [2.45, 2.75) is 285 Å². The van der Waals surface area contributed by atoms with Crippen LogP contribution in [0.4, 0.5) is 0 Å². The van der Waals surface area contributed by atoms with E-state index >= 15 is 0 Å². The van der Waals surface area contributed by atoms with Crippen LogP contribution in [0.5, 0.6) is 0 Å². The van der Waals surface area contributed by atoms with Crippen molar-refractivity contribution in [2.24, 2.45) is 50.2 Å². The number of carboxylic acids is 1. The van der Waals surface area contributed by atoms with E-state index in [0.717, 1.165) is 44.9 Å². The van der Waals surface area contributed by atoms with Crippen LogP contribution in [0.1, 0.15) is 145 Å². The summed E-state index contributed by atoms with van der Waals surface area (Å²) < 4.78 is 6.31. The molecule has 5 aliphatic rings. The summed E-state index contributed by atoms with van der Waals surface area (Å²) in [6, 6.07) is 0. The molecular formula is C59H105O26-. The average molecular weight is 1230 g/mol. The lowest BCUT2D eigenvalue weighted by atomic mass is 9.33. The minimum atomic E-state index is -2.84. The minimum Gasteiger partial charge on any atom is -0.848 e. The van der Waals surface area contributed by atoms with Crippen molar-refractivity contribution in [3.63, 3.8) is 0 Å². The quantitative estimate of drug-likeness (QED) is 0.0288. The summed E-state index contributed by atoms with van der Waals surface area (Å²) in [6.45, 7) is 14.2. The fourth-order valence-corrected chi connectivity index (χ4v) is 16.4. The van der Waals surface area contributed by atoms with Crippen LogP contribution in [0.3, 0.4) is 0 Å². The molecule has 0 saturated heterocycles. The third-order valence-electron chi connectivity index (χ3n) is 22.0. The van der Waals surface area contributed by atoms with E-state index in [1.54, 1.807) is 0 Å². The van der Waals surface area contributed by atoms with Crippen LogP contribution in [0, 0.1) is 50.2 Å². The molecule has 26 nitrogen and oxygen atoms in total. The summed E-state index contributed by atoms with van der Waals surface area (Å²) in [5.74, 6) is -0.580. The number of ether oxygens (including phenoxy) is 1. The normalized spacial score (nSPS) is 37.4. The van der Waals surface area contributed by atoms with Crippen LogP contribution in [-0.4, -0.2) is 277 Å². The number of fused-ring (bicyclic) bond motifs is 7. The van der Waals surface area contributed by atoms with Gasteiger partial charge < -0.3 is 127 Å². The Kier molecular flexibility index (Phi) is 25.1. The van der Waals surface area contributed by atoms with Crippen molar-refractivity contribution in [1.82, 2.24) is 0 Å². The molecule has 498 valence electrons. The van der Waals surface area contributed by atoms with Gasteiger partial charge in [-0.15, -0.1) is 0 Å². The Morgan fingerprint density at radius 1 is 0.529 bits per heavy atom. The first-order chi connectivity index (χ1) is 39.1. The van der Waals surface area contributed by atoms with Gasteiger partial charge in [0.1, 0.15) is 79.4 Å².